The van der Waals surface area contributed by atoms with E-state index in [9.17, 15) is 4.79 Å². The van der Waals surface area contributed by atoms with Gasteiger partial charge in [0, 0.05) is 25.6 Å². The highest BCUT2D eigenvalue weighted by Gasteiger charge is 2.27. The molecule has 0 radical (unpaired) electrons. The van der Waals surface area contributed by atoms with Crippen molar-refractivity contribution in [2.24, 2.45) is 11.7 Å². The molecule has 2 N–H and O–H groups in total. The Morgan fingerprint density at radius 1 is 1.35 bits per heavy atom. The zero-order chi connectivity index (χ0) is 16.1. The van der Waals surface area contributed by atoms with Crippen molar-refractivity contribution >= 4 is 18.3 Å². The number of likely N-dealkylation sites (tertiary alicyclic amines) is 1. The number of benzene rings is 1. The van der Waals surface area contributed by atoms with Gasteiger partial charge < -0.3 is 10.6 Å². The molecule has 130 valence electrons. The molecule has 2 rings (SSSR count). The van der Waals surface area contributed by atoms with Gasteiger partial charge in [0.2, 0.25) is 5.91 Å². The first kappa shape index (κ1) is 20.0. The molecule has 0 bridgehead atoms. The third-order valence-electron chi connectivity index (χ3n) is 5.02. The van der Waals surface area contributed by atoms with Gasteiger partial charge in [-0.3, -0.25) is 4.79 Å². The fraction of sp³-hybridized carbons (Fsp3) is 0.632. The fourth-order valence-electron chi connectivity index (χ4n) is 3.34. The predicted molar refractivity (Wildman–Crippen MR) is 99.0 cm³/mol. The third-order valence-corrected chi connectivity index (χ3v) is 5.02. The molecule has 0 spiro atoms. The van der Waals surface area contributed by atoms with Crippen molar-refractivity contribution < 1.29 is 4.79 Å². The molecule has 1 aliphatic heterocycles. The molecule has 1 aromatic carbocycles. The topological polar surface area (TPSA) is 46.3 Å². The van der Waals surface area contributed by atoms with Gasteiger partial charge in [0.15, 0.2) is 0 Å². The molecule has 1 fully saturated rings. The lowest BCUT2D eigenvalue weighted by Crippen LogP contribution is -2.45. The van der Waals surface area contributed by atoms with E-state index >= 15 is 0 Å². The molecule has 23 heavy (non-hydrogen) atoms. The Morgan fingerprint density at radius 2 is 2.00 bits per heavy atom. The van der Waals surface area contributed by atoms with Gasteiger partial charge in [0.05, 0.1) is 0 Å². The molecule has 1 aromatic rings. The summed E-state index contributed by atoms with van der Waals surface area (Å²) in [5.74, 6) is 1.07. The Labute approximate surface area is 147 Å². The Morgan fingerprint density at radius 3 is 2.57 bits per heavy atom. The summed E-state index contributed by atoms with van der Waals surface area (Å²) in [4.78, 5) is 14.7. The van der Waals surface area contributed by atoms with Crippen molar-refractivity contribution in [1.82, 2.24) is 4.90 Å². The highest BCUT2D eigenvalue weighted by Crippen LogP contribution is 2.26. The second-order valence-electron chi connectivity index (χ2n) is 6.82. The quantitative estimate of drug-likeness (QED) is 0.885. The highest BCUT2D eigenvalue weighted by atomic mass is 35.5. The van der Waals surface area contributed by atoms with Crippen LogP contribution in [0.5, 0.6) is 0 Å². The number of carbonyl (C=O) groups is 1. The van der Waals surface area contributed by atoms with Crippen LogP contribution in [0.1, 0.15) is 56.6 Å². The zero-order valence-corrected chi connectivity index (χ0v) is 15.4. The average Bonchev–Trinajstić information content (AvgIpc) is 2.53. The molecule has 3 nitrogen and oxygen atoms in total. The number of nitrogens with zero attached hydrogens (tertiary/aromatic N) is 1. The molecule has 1 heterocycles. The maximum absolute atomic E-state index is 12.7. The van der Waals surface area contributed by atoms with Gasteiger partial charge in [-0.1, -0.05) is 36.8 Å². The molecule has 0 saturated carbocycles. The largest absolute Gasteiger partial charge is 0.342 e. The van der Waals surface area contributed by atoms with E-state index in [1.54, 1.807) is 0 Å². The first-order valence-corrected chi connectivity index (χ1v) is 8.61. The van der Waals surface area contributed by atoms with Crippen LogP contribution in [0.3, 0.4) is 0 Å². The highest BCUT2D eigenvalue weighted by molar-refractivity contribution is 5.85. The van der Waals surface area contributed by atoms with Crippen LogP contribution in [0.15, 0.2) is 24.3 Å². The van der Waals surface area contributed by atoms with Crippen LogP contribution in [-0.4, -0.2) is 29.9 Å². The molecule has 4 heteroatoms. The van der Waals surface area contributed by atoms with E-state index in [1.165, 1.54) is 11.1 Å². The number of halogens is 1. The minimum atomic E-state index is 0. The molecule has 1 saturated heterocycles. The van der Waals surface area contributed by atoms with Gasteiger partial charge in [0.1, 0.15) is 0 Å². The minimum absolute atomic E-state index is 0. The van der Waals surface area contributed by atoms with Gasteiger partial charge in [0.25, 0.3) is 0 Å². The maximum Gasteiger partial charge on any atom is 0.223 e. The Balaban J connectivity index is 0.00000264. The van der Waals surface area contributed by atoms with Crippen molar-refractivity contribution in [2.45, 2.75) is 58.4 Å². The number of hydrogen-bond donors (Lipinski definition) is 1. The Bertz CT molecular complexity index is 487. The molecule has 0 aromatic heterocycles. The molecule has 3 unspecified atom stereocenters. The molecular weight excluding hydrogens is 308 g/mol. The molecular formula is C19H31ClN2O. The lowest BCUT2D eigenvalue weighted by Gasteiger charge is -2.35. The number of rotatable bonds is 5. The summed E-state index contributed by atoms with van der Waals surface area (Å²) in [5, 5.41) is 0. The number of hydrogen-bond acceptors (Lipinski definition) is 2. The Kier molecular flexibility index (Phi) is 8.07. The van der Waals surface area contributed by atoms with E-state index in [1.807, 2.05) is 4.90 Å². The molecule has 1 aliphatic rings. The first-order valence-electron chi connectivity index (χ1n) is 8.61. The standard InChI is InChI=1S/C19H30N2O.ClH/c1-4-16(17-9-7-14(2)8-10-17)12-19(22)21-11-5-6-18(13-21)15(3)20;/h7-10,15-16,18H,4-6,11-13,20H2,1-3H3;1H. The molecule has 0 aliphatic carbocycles. The van der Waals surface area contributed by atoms with Crippen molar-refractivity contribution in [2.75, 3.05) is 13.1 Å². The van der Waals surface area contributed by atoms with Gasteiger partial charge in [-0.2, -0.15) is 0 Å². The van der Waals surface area contributed by atoms with E-state index in [0.29, 0.717) is 18.3 Å². The van der Waals surface area contributed by atoms with Crippen LogP contribution >= 0.6 is 12.4 Å². The minimum Gasteiger partial charge on any atom is -0.342 e. The van der Waals surface area contributed by atoms with E-state index in [0.717, 1.165) is 32.4 Å². The van der Waals surface area contributed by atoms with Gasteiger partial charge in [-0.15, -0.1) is 12.4 Å². The summed E-state index contributed by atoms with van der Waals surface area (Å²) >= 11 is 0. The summed E-state index contributed by atoms with van der Waals surface area (Å²) in [6.07, 6.45) is 3.85. The maximum atomic E-state index is 12.7. The van der Waals surface area contributed by atoms with Gasteiger partial charge in [-0.05, 0) is 50.5 Å². The second kappa shape index (κ2) is 9.29. The van der Waals surface area contributed by atoms with Gasteiger partial charge >= 0.3 is 0 Å². The zero-order valence-electron chi connectivity index (χ0n) is 14.6. The predicted octanol–water partition coefficient (Wildman–Crippen LogP) is 3.89. The lowest BCUT2D eigenvalue weighted by atomic mass is 9.89. The number of piperidine rings is 1. The van der Waals surface area contributed by atoms with Crippen molar-refractivity contribution in [3.8, 4) is 0 Å². The van der Waals surface area contributed by atoms with E-state index in [-0.39, 0.29) is 24.4 Å². The first-order chi connectivity index (χ1) is 10.5. The van der Waals surface area contributed by atoms with Crippen LogP contribution in [0.25, 0.3) is 0 Å². The lowest BCUT2D eigenvalue weighted by molar-refractivity contribution is -0.133. The van der Waals surface area contributed by atoms with Crippen LogP contribution in [-0.2, 0) is 4.79 Å². The van der Waals surface area contributed by atoms with Crippen molar-refractivity contribution in [3.05, 3.63) is 35.4 Å². The SMILES string of the molecule is CCC(CC(=O)N1CCCC(C(C)N)C1)c1ccc(C)cc1.Cl. The molecule has 3 atom stereocenters. The number of carbonyl (C=O) groups excluding carboxylic acids is 1. The number of nitrogens with two attached hydrogens (primary N) is 1. The normalized spacial score (nSPS) is 20.5. The van der Waals surface area contributed by atoms with Crippen LogP contribution < -0.4 is 5.73 Å². The summed E-state index contributed by atoms with van der Waals surface area (Å²) in [6.45, 7) is 8.05. The summed E-state index contributed by atoms with van der Waals surface area (Å²) in [6, 6.07) is 8.77. The number of aryl methyl sites for hydroxylation is 1. The van der Waals surface area contributed by atoms with Crippen molar-refractivity contribution in [1.29, 1.82) is 0 Å². The third kappa shape index (κ3) is 5.50. The summed E-state index contributed by atoms with van der Waals surface area (Å²) in [5.41, 5.74) is 8.57. The summed E-state index contributed by atoms with van der Waals surface area (Å²) in [7, 11) is 0. The second-order valence-corrected chi connectivity index (χ2v) is 6.82. The Hall–Kier alpha value is -1.06. The number of amides is 1. The smallest absolute Gasteiger partial charge is 0.223 e. The molecule has 1 amide bonds. The van der Waals surface area contributed by atoms with Crippen LogP contribution in [0, 0.1) is 12.8 Å². The van der Waals surface area contributed by atoms with Gasteiger partial charge in [-0.25, -0.2) is 0 Å². The van der Waals surface area contributed by atoms with E-state index in [2.05, 4.69) is 45.0 Å². The monoisotopic (exact) mass is 338 g/mol. The van der Waals surface area contributed by atoms with Crippen LogP contribution in [0.4, 0.5) is 0 Å². The van der Waals surface area contributed by atoms with E-state index < -0.39 is 0 Å². The summed E-state index contributed by atoms with van der Waals surface area (Å²) < 4.78 is 0. The van der Waals surface area contributed by atoms with Crippen LogP contribution in [0.2, 0.25) is 0 Å². The van der Waals surface area contributed by atoms with Crippen molar-refractivity contribution in [3.63, 3.8) is 0 Å². The van der Waals surface area contributed by atoms with E-state index in [4.69, 9.17) is 5.73 Å². The average molecular weight is 339 g/mol. The fourth-order valence-corrected chi connectivity index (χ4v) is 3.34.